The van der Waals surface area contributed by atoms with Gasteiger partial charge < -0.3 is 5.32 Å². The Labute approximate surface area is 133 Å². The Balaban J connectivity index is 2.38. The van der Waals surface area contributed by atoms with Crippen LogP contribution in [0.25, 0.3) is 0 Å². The van der Waals surface area contributed by atoms with Crippen LogP contribution in [0.4, 0.5) is 0 Å². The van der Waals surface area contributed by atoms with Crippen LogP contribution < -0.4 is 5.32 Å². The minimum absolute atomic E-state index is 0.258. The molecule has 2 aromatic carbocycles. The topological polar surface area (TPSA) is 12.0 Å². The van der Waals surface area contributed by atoms with E-state index in [-0.39, 0.29) is 6.04 Å². The van der Waals surface area contributed by atoms with Gasteiger partial charge in [0.15, 0.2) is 0 Å². The van der Waals surface area contributed by atoms with Gasteiger partial charge in [-0.25, -0.2) is 0 Å². The first-order valence-corrected chi connectivity index (χ1v) is 8.88. The minimum Gasteiger partial charge on any atom is -0.303 e. The van der Waals surface area contributed by atoms with Gasteiger partial charge in [-0.05, 0) is 43.7 Å². The molecule has 0 saturated heterocycles. The fourth-order valence-corrected chi connectivity index (χ4v) is 3.26. The molecule has 0 radical (unpaired) electrons. The van der Waals surface area contributed by atoms with Crippen molar-refractivity contribution in [3.8, 4) is 0 Å². The first-order chi connectivity index (χ1) is 10.1. The predicted octanol–water partition coefficient (Wildman–Crippen LogP) is 4.73. The Morgan fingerprint density at radius 2 is 1.76 bits per heavy atom. The Morgan fingerprint density at radius 3 is 2.43 bits per heavy atom. The van der Waals surface area contributed by atoms with Crippen LogP contribution in [0.1, 0.15) is 35.2 Å². The van der Waals surface area contributed by atoms with Gasteiger partial charge in [0.1, 0.15) is 0 Å². The zero-order valence-electron chi connectivity index (χ0n) is 13.4. The van der Waals surface area contributed by atoms with E-state index in [0.717, 1.165) is 5.75 Å². The van der Waals surface area contributed by atoms with E-state index in [1.807, 2.05) is 11.8 Å². The molecule has 21 heavy (non-hydrogen) atoms. The maximum Gasteiger partial charge on any atom is 0.0581 e. The summed E-state index contributed by atoms with van der Waals surface area (Å²) in [6.45, 7) is 6.62. The Bertz CT molecular complexity index is 565. The van der Waals surface area contributed by atoms with E-state index in [0.29, 0.717) is 6.04 Å². The summed E-state index contributed by atoms with van der Waals surface area (Å²) >= 11 is 1.89. The fraction of sp³-hybridized carbons (Fsp3) is 0.368. The van der Waals surface area contributed by atoms with Crippen LogP contribution in [0, 0.1) is 13.8 Å². The molecule has 0 aliphatic heterocycles. The summed E-state index contributed by atoms with van der Waals surface area (Å²) in [4.78, 5) is 0. The van der Waals surface area contributed by atoms with Crippen molar-refractivity contribution in [2.24, 2.45) is 0 Å². The van der Waals surface area contributed by atoms with Crippen LogP contribution in [0.3, 0.4) is 0 Å². The smallest absolute Gasteiger partial charge is 0.0581 e. The van der Waals surface area contributed by atoms with E-state index >= 15 is 0 Å². The number of benzene rings is 2. The van der Waals surface area contributed by atoms with Crippen LogP contribution in [-0.2, 0) is 0 Å². The van der Waals surface area contributed by atoms with E-state index in [2.05, 4.69) is 80.9 Å². The number of aryl methyl sites for hydroxylation is 2. The number of rotatable bonds is 6. The summed E-state index contributed by atoms with van der Waals surface area (Å²) in [5.41, 5.74) is 5.38. The summed E-state index contributed by atoms with van der Waals surface area (Å²) in [7, 11) is 0. The van der Waals surface area contributed by atoms with E-state index in [4.69, 9.17) is 0 Å². The number of thioether (sulfide) groups is 1. The third-order valence-corrected chi connectivity index (χ3v) is 4.58. The van der Waals surface area contributed by atoms with Crippen molar-refractivity contribution in [3.63, 3.8) is 0 Å². The van der Waals surface area contributed by atoms with Crippen molar-refractivity contribution in [1.29, 1.82) is 0 Å². The molecule has 1 nitrogen and oxygen atoms in total. The third kappa shape index (κ3) is 4.36. The molecule has 0 aromatic heterocycles. The Morgan fingerprint density at radius 1 is 1.05 bits per heavy atom. The fourth-order valence-electron chi connectivity index (χ4n) is 2.66. The molecule has 1 N–H and O–H groups in total. The van der Waals surface area contributed by atoms with Gasteiger partial charge in [-0.3, -0.25) is 0 Å². The predicted molar refractivity (Wildman–Crippen MR) is 95.2 cm³/mol. The summed E-state index contributed by atoms with van der Waals surface area (Å²) in [6, 6.07) is 18.2. The molecule has 2 atom stereocenters. The minimum atomic E-state index is 0.258. The van der Waals surface area contributed by atoms with E-state index in [1.54, 1.807) is 0 Å². The lowest BCUT2D eigenvalue weighted by molar-refractivity contribution is 0.532. The molecule has 0 heterocycles. The molecule has 0 spiro atoms. The van der Waals surface area contributed by atoms with Crippen LogP contribution in [0.5, 0.6) is 0 Å². The molecule has 112 valence electrons. The molecule has 0 amide bonds. The summed E-state index contributed by atoms with van der Waals surface area (Å²) in [5, 5.41) is 3.80. The van der Waals surface area contributed by atoms with Gasteiger partial charge in [0.2, 0.25) is 0 Å². The largest absolute Gasteiger partial charge is 0.303 e. The first-order valence-electron chi connectivity index (χ1n) is 7.49. The lowest BCUT2D eigenvalue weighted by Crippen LogP contribution is -2.33. The molecule has 2 heteroatoms. The van der Waals surface area contributed by atoms with Gasteiger partial charge in [0.25, 0.3) is 0 Å². The number of hydrogen-bond donors (Lipinski definition) is 1. The standard InChI is InChI=1S/C19H25NS/c1-14-10-11-15(2)18(12-14)19(20-16(3)13-21-4)17-8-6-5-7-9-17/h5-12,16,19-20H,13H2,1-4H3. The van der Waals surface area contributed by atoms with Crippen molar-refractivity contribution in [1.82, 2.24) is 5.32 Å². The Hall–Kier alpha value is -1.25. The third-order valence-electron chi connectivity index (χ3n) is 3.75. The maximum absolute atomic E-state index is 3.80. The zero-order chi connectivity index (χ0) is 15.2. The average molecular weight is 299 g/mol. The van der Waals surface area contributed by atoms with Gasteiger partial charge in [-0.15, -0.1) is 0 Å². The van der Waals surface area contributed by atoms with Crippen LogP contribution in [-0.4, -0.2) is 18.1 Å². The summed E-state index contributed by atoms with van der Waals surface area (Å²) < 4.78 is 0. The number of nitrogens with one attached hydrogen (secondary N) is 1. The summed E-state index contributed by atoms with van der Waals surface area (Å²) in [6.07, 6.45) is 2.16. The van der Waals surface area contributed by atoms with Gasteiger partial charge in [-0.1, -0.05) is 54.1 Å². The molecule has 0 fully saturated rings. The van der Waals surface area contributed by atoms with Crippen LogP contribution in [0.2, 0.25) is 0 Å². The van der Waals surface area contributed by atoms with Gasteiger partial charge in [-0.2, -0.15) is 11.8 Å². The first kappa shape index (κ1) is 16.1. The maximum atomic E-state index is 3.80. The van der Waals surface area contributed by atoms with Crippen LogP contribution >= 0.6 is 11.8 Å². The average Bonchev–Trinajstić information content (AvgIpc) is 2.49. The molecular weight excluding hydrogens is 274 g/mol. The van der Waals surface area contributed by atoms with Crippen LogP contribution in [0.15, 0.2) is 48.5 Å². The molecule has 0 aliphatic rings. The van der Waals surface area contributed by atoms with Crippen molar-refractivity contribution >= 4 is 11.8 Å². The highest BCUT2D eigenvalue weighted by atomic mass is 32.2. The molecular formula is C19H25NS. The molecule has 2 unspecified atom stereocenters. The number of hydrogen-bond acceptors (Lipinski definition) is 2. The van der Waals surface area contributed by atoms with E-state index in [1.165, 1.54) is 22.3 Å². The normalized spacial score (nSPS) is 13.9. The molecule has 0 aliphatic carbocycles. The van der Waals surface area contributed by atoms with Crippen molar-refractivity contribution in [2.75, 3.05) is 12.0 Å². The van der Waals surface area contributed by atoms with E-state index < -0.39 is 0 Å². The monoisotopic (exact) mass is 299 g/mol. The van der Waals surface area contributed by atoms with Gasteiger partial charge in [0.05, 0.1) is 6.04 Å². The molecule has 0 saturated carbocycles. The Kier molecular flexibility index (Phi) is 5.89. The van der Waals surface area contributed by atoms with E-state index in [9.17, 15) is 0 Å². The molecule has 0 bridgehead atoms. The highest BCUT2D eigenvalue weighted by Gasteiger charge is 2.18. The molecule has 2 rings (SSSR count). The van der Waals surface area contributed by atoms with Crippen molar-refractivity contribution < 1.29 is 0 Å². The second-order valence-corrected chi connectivity index (χ2v) is 6.64. The summed E-state index contributed by atoms with van der Waals surface area (Å²) in [5.74, 6) is 1.12. The highest BCUT2D eigenvalue weighted by molar-refractivity contribution is 7.98. The quantitative estimate of drug-likeness (QED) is 0.827. The van der Waals surface area contributed by atoms with Gasteiger partial charge in [0, 0.05) is 11.8 Å². The lowest BCUT2D eigenvalue weighted by atomic mass is 9.93. The second kappa shape index (κ2) is 7.67. The molecule has 2 aromatic rings. The second-order valence-electron chi connectivity index (χ2n) is 5.73. The SMILES string of the molecule is CSCC(C)NC(c1ccccc1)c1cc(C)ccc1C. The highest BCUT2D eigenvalue weighted by Crippen LogP contribution is 2.26. The van der Waals surface area contributed by atoms with Gasteiger partial charge >= 0.3 is 0 Å². The lowest BCUT2D eigenvalue weighted by Gasteiger charge is -2.26. The van der Waals surface area contributed by atoms with Crippen molar-refractivity contribution in [3.05, 3.63) is 70.8 Å². The zero-order valence-corrected chi connectivity index (χ0v) is 14.2. The van der Waals surface area contributed by atoms with Crippen molar-refractivity contribution in [2.45, 2.75) is 32.9 Å².